The zero-order valence-electron chi connectivity index (χ0n) is 15.7. The van der Waals surface area contributed by atoms with Crippen LogP contribution in [0.2, 0.25) is 0 Å². The Morgan fingerprint density at radius 1 is 1.15 bits per heavy atom. The molecule has 0 aliphatic heterocycles. The van der Waals surface area contributed by atoms with E-state index in [9.17, 15) is 9.90 Å². The van der Waals surface area contributed by atoms with Crippen LogP contribution in [0, 0.1) is 5.92 Å². The van der Waals surface area contributed by atoms with E-state index in [0.717, 1.165) is 35.2 Å². The molecule has 1 aliphatic rings. The van der Waals surface area contributed by atoms with Gasteiger partial charge >= 0.3 is 0 Å². The lowest BCUT2D eigenvalue weighted by atomic mass is 9.80. The molecule has 1 atom stereocenters. The van der Waals surface area contributed by atoms with Gasteiger partial charge in [0.25, 0.3) is 0 Å². The fourth-order valence-corrected chi connectivity index (χ4v) is 4.02. The Labute approximate surface area is 159 Å². The summed E-state index contributed by atoms with van der Waals surface area (Å²) in [5.74, 6) is -0.759. The standard InChI is InChI=1S/C24H23NO2/c1-3-16-8-10-17(11-9-16)14-18-12-15(2)13-20-22(24(26)27)19-6-4-5-7-21(19)25-23(18)20/h4-11,14-15H,3,12-13H2,1-2H3,(H,26,27)/p-1/b18-14+/t15-/m0/s1. The first-order valence-corrected chi connectivity index (χ1v) is 9.49. The molecule has 0 spiro atoms. The van der Waals surface area contributed by atoms with Crippen molar-refractivity contribution in [3.8, 4) is 0 Å². The smallest absolute Gasteiger partial charge is 0.0725 e. The van der Waals surface area contributed by atoms with Crippen LogP contribution in [0.25, 0.3) is 22.6 Å². The third-order valence-electron chi connectivity index (χ3n) is 5.35. The summed E-state index contributed by atoms with van der Waals surface area (Å²) in [6.45, 7) is 4.30. The Balaban J connectivity index is 1.93. The summed E-state index contributed by atoms with van der Waals surface area (Å²) in [6.07, 6.45) is 4.76. The van der Waals surface area contributed by atoms with Gasteiger partial charge in [0.1, 0.15) is 0 Å². The number of nitrogens with zero attached hydrogens (tertiary/aromatic N) is 1. The van der Waals surface area contributed by atoms with Gasteiger partial charge in [0.15, 0.2) is 0 Å². The molecule has 3 heteroatoms. The maximum absolute atomic E-state index is 12.0. The highest BCUT2D eigenvalue weighted by atomic mass is 16.4. The number of aromatic nitrogens is 1. The highest BCUT2D eigenvalue weighted by molar-refractivity contribution is 6.05. The van der Waals surface area contributed by atoms with E-state index in [1.54, 1.807) is 0 Å². The molecule has 0 radical (unpaired) electrons. The van der Waals surface area contributed by atoms with Gasteiger partial charge in [-0.25, -0.2) is 4.98 Å². The lowest BCUT2D eigenvalue weighted by Crippen LogP contribution is -2.27. The van der Waals surface area contributed by atoms with Crippen LogP contribution in [0.4, 0.5) is 0 Å². The molecule has 1 aliphatic carbocycles. The van der Waals surface area contributed by atoms with Crippen molar-refractivity contribution in [3.63, 3.8) is 0 Å². The summed E-state index contributed by atoms with van der Waals surface area (Å²) in [5, 5.41) is 12.6. The Bertz CT molecular complexity index is 1050. The summed E-state index contributed by atoms with van der Waals surface area (Å²) in [7, 11) is 0. The summed E-state index contributed by atoms with van der Waals surface area (Å²) in [6, 6.07) is 15.9. The van der Waals surface area contributed by atoms with E-state index in [1.165, 1.54) is 5.56 Å². The van der Waals surface area contributed by atoms with Gasteiger partial charge in [-0.15, -0.1) is 0 Å². The Morgan fingerprint density at radius 2 is 1.89 bits per heavy atom. The highest BCUT2D eigenvalue weighted by Gasteiger charge is 2.25. The van der Waals surface area contributed by atoms with Gasteiger partial charge in [0.2, 0.25) is 0 Å². The number of allylic oxidation sites excluding steroid dienone is 1. The first-order valence-electron chi connectivity index (χ1n) is 9.49. The second kappa shape index (κ2) is 6.99. The maximum atomic E-state index is 12.0. The molecule has 4 rings (SSSR count). The number of para-hydroxylation sites is 1. The van der Waals surface area contributed by atoms with E-state index in [-0.39, 0.29) is 0 Å². The Hall–Kier alpha value is -2.94. The van der Waals surface area contributed by atoms with Crippen LogP contribution in [0.3, 0.4) is 0 Å². The normalized spacial score (nSPS) is 17.9. The van der Waals surface area contributed by atoms with Crippen LogP contribution in [-0.2, 0) is 12.8 Å². The van der Waals surface area contributed by atoms with Crippen molar-refractivity contribution in [1.29, 1.82) is 0 Å². The number of carbonyl (C=O) groups excluding carboxylic acids is 1. The fourth-order valence-electron chi connectivity index (χ4n) is 4.02. The number of carbonyl (C=O) groups is 1. The van der Waals surface area contributed by atoms with Crippen LogP contribution in [0.5, 0.6) is 0 Å². The number of fused-ring (bicyclic) bond motifs is 2. The van der Waals surface area contributed by atoms with Crippen molar-refractivity contribution in [2.45, 2.75) is 33.1 Å². The van der Waals surface area contributed by atoms with E-state index < -0.39 is 5.97 Å². The van der Waals surface area contributed by atoms with Crippen molar-refractivity contribution in [1.82, 2.24) is 4.98 Å². The third-order valence-corrected chi connectivity index (χ3v) is 5.35. The quantitative estimate of drug-likeness (QED) is 0.704. The third kappa shape index (κ3) is 3.25. The largest absolute Gasteiger partial charge is 0.545 e. The molecule has 3 nitrogen and oxygen atoms in total. The Kier molecular flexibility index (Phi) is 4.53. The van der Waals surface area contributed by atoms with Gasteiger partial charge in [-0.2, -0.15) is 0 Å². The number of rotatable bonds is 3. The molecule has 0 fully saturated rings. The van der Waals surface area contributed by atoms with Crippen molar-refractivity contribution in [2.24, 2.45) is 5.92 Å². The Morgan fingerprint density at radius 3 is 2.59 bits per heavy atom. The molecule has 0 bridgehead atoms. The molecule has 27 heavy (non-hydrogen) atoms. The number of aryl methyl sites for hydroxylation is 1. The van der Waals surface area contributed by atoms with Crippen molar-refractivity contribution >= 4 is 28.5 Å². The number of carboxylic acids is 1. The van der Waals surface area contributed by atoms with Crippen molar-refractivity contribution in [2.75, 3.05) is 0 Å². The van der Waals surface area contributed by atoms with Crippen molar-refractivity contribution < 1.29 is 9.90 Å². The predicted molar refractivity (Wildman–Crippen MR) is 107 cm³/mol. The van der Waals surface area contributed by atoms with E-state index >= 15 is 0 Å². The van der Waals surface area contributed by atoms with Gasteiger partial charge in [0.05, 0.1) is 17.2 Å². The van der Waals surface area contributed by atoms with Crippen molar-refractivity contribution in [3.05, 3.63) is 76.5 Å². The molecule has 0 unspecified atom stereocenters. The summed E-state index contributed by atoms with van der Waals surface area (Å²) in [5.41, 5.74) is 6.15. The molecule has 0 N–H and O–H groups in total. The molecular weight excluding hydrogens is 334 g/mol. The van der Waals surface area contributed by atoms with Gasteiger partial charge < -0.3 is 9.90 Å². The lowest BCUT2D eigenvalue weighted by molar-refractivity contribution is -0.254. The minimum absolute atomic E-state index is 0.300. The van der Waals surface area contributed by atoms with Gasteiger partial charge in [0, 0.05) is 10.9 Å². The van der Waals surface area contributed by atoms with E-state index in [1.807, 2.05) is 24.3 Å². The molecule has 1 aromatic heterocycles. The maximum Gasteiger partial charge on any atom is 0.0725 e. The van der Waals surface area contributed by atoms with E-state index in [0.29, 0.717) is 28.8 Å². The topological polar surface area (TPSA) is 53.0 Å². The minimum Gasteiger partial charge on any atom is -0.545 e. The minimum atomic E-state index is -1.12. The SMILES string of the molecule is CCc1ccc(/C=C2\C[C@H](C)Cc3c2nc2ccccc2c3C(=O)[O-])cc1. The molecule has 0 amide bonds. The zero-order chi connectivity index (χ0) is 19.0. The average Bonchev–Trinajstić information content (AvgIpc) is 2.66. The highest BCUT2D eigenvalue weighted by Crippen LogP contribution is 2.38. The van der Waals surface area contributed by atoms with Crippen LogP contribution >= 0.6 is 0 Å². The lowest BCUT2D eigenvalue weighted by Gasteiger charge is -2.27. The van der Waals surface area contributed by atoms with Gasteiger partial charge in [-0.1, -0.05) is 56.3 Å². The van der Waals surface area contributed by atoms with Crippen LogP contribution in [-0.4, -0.2) is 11.0 Å². The molecule has 0 saturated heterocycles. The predicted octanol–water partition coefficient (Wildman–Crippen LogP) is 4.28. The summed E-state index contributed by atoms with van der Waals surface area (Å²) >= 11 is 0. The second-order valence-corrected chi connectivity index (χ2v) is 7.40. The molecule has 2 aromatic carbocycles. The van der Waals surface area contributed by atoms with E-state index in [4.69, 9.17) is 4.98 Å². The van der Waals surface area contributed by atoms with Crippen LogP contribution in [0.15, 0.2) is 48.5 Å². The zero-order valence-corrected chi connectivity index (χ0v) is 15.7. The first-order chi connectivity index (χ1) is 13.1. The van der Waals surface area contributed by atoms with Gasteiger partial charge in [-0.3, -0.25) is 0 Å². The fraction of sp³-hybridized carbons (Fsp3) is 0.250. The number of benzene rings is 2. The van der Waals surface area contributed by atoms with Crippen LogP contribution < -0.4 is 5.11 Å². The molecule has 1 heterocycles. The van der Waals surface area contributed by atoms with Gasteiger partial charge in [-0.05, 0) is 59.6 Å². The molecule has 3 aromatic rings. The number of aromatic carboxylic acids is 1. The van der Waals surface area contributed by atoms with E-state index in [2.05, 4.69) is 44.2 Å². The molecule has 136 valence electrons. The number of hydrogen-bond donors (Lipinski definition) is 0. The van der Waals surface area contributed by atoms with Crippen LogP contribution in [0.1, 0.15) is 53.0 Å². The first kappa shape index (κ1) is 17.5. The molecular formula is C24H22NO2-. The summed E-state index contributed by atoms with van der Waals surface area (Å²) < 4.78 is 0. The molecule has 0 saturated carbocycles. The monoisotopic (exact) mass is 356 g/mol. The second-order valence-electron chi connectivity index (χ2n) is 7.40. The average molecular weight is 356 g/mol. The number of hydrogen-bond acceptors (Lipinski definition) is 3. The summed E-state index contributed by atoms with van der Waals surface area (Å²) in [4.78, 5) is 16.8. The number of carboxylic acid groups (broad SMARTS) is 1. The number of pyridine rings is 1.